The molecule has 2 aromatic carbocycles. The zero-order valence-corrected chi connectivity index (χ0v) is 49.9. The van der Waals surface area contributed by atoms with E-state index >= 15 is 0 Å². The molecule has 23 N–H and O–H groups in total. The predicted octanol–water partition coefficient (Wildman–Crippen LogP) is -5.98. The van der Waals surface area contributed by atoms with E-state index in [2.05, 4.69) is 73.1 Å². The second-order valence-electron chi connectivity index (χ2n) is 21.5. The summed E-state index contributed by atoms with van der Waals surface area (Å²) in [5, 5.41) is 75.2. The molecule has 0 aliphatic rings. The Bertz CT molecular complexity index is 3110. The molecule has 0 spiro atoms. The van der Waals surface area contributed by atoms with Gasteiger partial charge in [-0.05, 0) is 82.2 Å². The average molecular weight is 1250 g/mol. The van der Waals surface area contributed by atoms with E-state index in [0.29, 0.717) is 11.3 Å². The standard InChI is InChI=1S/C56H81N17O16/c1-26(2)43(71-54(87)45(29(5)75)72-48(81)36(57)19-32-21-62-37-11-8-7-10-35(32)37)52(85)69-39(18-31-13-15-34(77)16-14-31)51(84)68-40(20-33-22-60-25-65-33)49(82)64-23-41(78)66-27(3)47(80)63-24-42(79)70-44(28(4)74)53(86)67-38(12-9-17-61-56(58)59)50(83)73-46(30(6)76)55(88)89/h7-8,10-11,13-16,21-22,25-30,36,38-40,43-46,62,74-77H,9,12,17-20,23-24,57H2,1-6H3,(H,60,65)(H,63,80)(H,64,82)(H,66,78)(H,67,86)(H,68,84)(H,69,85)(H,70,79)(H,71,87)(H,72,81)(H,73,83)(H,88,89)(H4,58,59,61)/t27-,28+,29+,30+,36-,38-,39-,40-,43-,44-,45-,46-/m0/s1. The van der Waals surface area contributed by atoms with Crippen LogP contribution < -0.4 is 70.4 Å². The van der Waals surface area contributed by atoms with Crippen LogP contribution in [0, 0.1) is 5.92 Å². The molecule has 486 valence electrons. The number of aliphatic hydroxyl groups excluding tert-OH is 3. The van der Waals surface area contributed by atoms with Crippen molar-refractivity contribution in [3.63, 3.8) is 0 Å². The highest BCUT2D eigenvalue weighted by Crippen LogP contribution is 2.19. The Labute approximate surface area is 510 Å². The maximum absolute atomic E-state index is 14.4. The maximum atomic E-state index is 14.4. The second-order valence-corrected chi connectivity index (χ2v) is 21.5. The number of fused-ring (bicyclic) bond motifs is 1. The number of guanidine groups is 1. The number of carboxylic acid groups (broad SMARTS) is 1. The number of phenolic OH excluding ortho intramolecular Hbond substituents is 1. The van der Waals surface area contributed by atoms with Gasteiger partial charge in [0.25, 0.3) is 0 Å². The number of rotatable bonds is 35. The van der Waals surface area contributed by atoms with Crippen LogP contribution in [0.15, 0.2) is 72.2 Å². The van der Waals surface area contributed by atoms with Crippen LogP contribution in [-0.2, 0) is 72.0 Å². The number of aliphatic hydroxyl groups is 3. The van der Waals surface area contributed by atoms with Crippen LogP contribution in [0.1, 0.15) is 71.2 Å². The van der Waals surface area contributed by atoms with Crippen molar-refractivity contribution in [1.29, 1.82) is 0 Å². The molecular formula is C56H81N17O16. The highest BCUT2D eigenvalue weighted by molar-refractivity contribution is 5.98. The van der Waals surface area contributed by atoms with Crippen molar-refractivity contribution in [2.24, 2.45) is 28.1 Å². The van der Waals surface area contributed by atoms with Crippen molar-refractivity contribution in [3.8, 4) is 5.75 Å². The first kappa shape index (κ1) is 71.7. The molecule has 0 saturated carbocycles. The lowest BCUT2D eigenvalue weighted by molar-refractivity contribution is -0.145. The molecule has 4 aromatic rings. The highest BCUT2D eigenvalue weighted by atomic mass is 16.4. The Kier molecular flexibility index (Phi) is 27.9. The van der Waals surface area contributed by atoms with Crippen LogP contribution in [0.25, 0.3) is 10.9 Å². The van der Waals surface area contributed by atoms with E-state index < -0.39 is 157 Å². The summed E-state index contributed by atoms with van der Waals surface area (Å²) < 4.78 is 0. The topological polar surface area (TPSA) is 544 Å². The molecule has 33 nitrogen and oxygen atoms in total. The number of aromatic amines is 2. The molecule has 0 bridgehead atoms. The van der Waals surface area contributed by atoms with Gasteiger partial charge < -0.3 is 106 Å². The van der Waals surface area contributed by atoms with E-state index in [0.717, 1.165) is 30.3 Å². The molecule has 0 aliphatic heterocycles. The number of benzene rings is 2. The molecule has 0 saturated heterocycles. The number of phenols is 1. The Balaban J connectivity index is 1.40. The first-order chi connectivity index (χ1) is 41.9. The largest absolute Gasteiger partial charge is 0.508 e. The molecule has 10 amide bonds. The summed E-state index contributed by atoms with van der Waals surface area (Å²) in [6, 6.07) is -0.421. The van der Waals surface area contributed by atoms with Gasteiger partial charge in [-0.1, -0.05) is 44.2 Å². The lowest BCUT2D eigenvalue weighted by Gasteiger charge is -2.29. The molecule has 0 fully saturated rings. The molecular weight excluding hydrogens is 1170 g/mol. The summed E-state index contributed by atoms with van der Waals surface area (Å²) in [7, 11) is 0. The van der Waals surface area contributed by atoms with Gasteiger partial charge in [0.1, 0.15) is 48.0 Å². The molecule has 0 unspecified atom stereocenters. The minimum atomic E-state index is -1.77. The van der Waals surface area contributed by atoms with Crippen molar-refractivity contribution < 1.29 is 78.3 Å². The first-order valence-electron chi connectivity index (χ1n) is 28.3. The number of carboxylic acids is 1. The maximum Gasteiger partial charge on any atom is 0.328 e. The van der Waals surface area contributed by atoms with Gasteiger partial charge in [-0.25, -0.2) is 9.78 Å². The number of nitrogens with one attached hydrogen (secondary N) is 12. The Hall–Kier alpha value is -9.73. The minimum absolute atomic E-state index is 0.00829. The fourth-order valence-corrected chi connectivity index (χ4v) is 8.79. The molecule has 2 heterocycles. The van der Waals surface area contributed by atoms with Gasteiger partial charge in [0.15, 0.2) is 12.0 Å². The lowest BCUT2D eigenvalue weighted by Crippen LogP contribution is -2.62. The fraction of sp³-hybridized carbons (Fsp3) is 0.482. The first-order valence-corrected chi connectivity index (χ1v) is 28.3. The van der Waals surface area contributed by atoms with Gasteiger partial charge in [0, 0.05) is 48.4 Å². The number of nitrogens with two attached hydrogens (primary N) is 3. The number of hydrogen-bond donors (Lipinski definition) is 20. The van der Waals surface area contributed by atoms with Gasteiger partial charge in [-0.3, -0.25) is 52.9 Å². The number of carbonyl (C=O) groups excluding carboxylic acids is 10. The van der Waals surface area contributed by atoms with E-state index in [1.165, 1.54) is 50.6 Å². The Morgan fingerprint density at radius 1 is 0.573 bits per heavy atom. The number of aliphatic carboxylic acids is 1. The van der Waals surface area contributed by atoms with Gasteiger partial charge in [-0.15, -0.1) is 0 Å². The van der Waals surface area contributed by atoms with E-state index in [-0.39, 0.29) is 50.4 Å². The molecule has 0 radical (unpaired) electrons. The van der Waals surface area contributed by atoms with Gasteiger partial charge in [-0.2, -0.15) is 0 Å². The summed E-state index contributed by atoms with van der Waals surface area (Å²) in [6.07, 6.45) is -0.726. The van der Waals surface area contributed by atoms with E-state index in [9.17, 15) is 78.3 Å². The van der Waals surface area contributed by atoms with Gasteiger partial charge in [0.05, 0.1) is 43.8 Å². The highest BCUT2D eigenvalue weighted by Gasteiger charge is 2.37. The Morgan fingerprint density at radius 3 is 1.70 bits per heavy atom. The molecule has 4 rings (SSSR count). The number of aromatic hydroxyl groups is 1. The molecule has 33 heteroatoms. The quantitative estimate of drug-likeness (QED) is 0.0116. The summed E-state index contributed by atoms with van der Waals surface area (Å²) in [5.74, 6) is -12.1. The number of H-pyrrole nitrogens is 2. The third-order valence-electron chi connectivity index (χ3n) is 13.7. The fourth-order valence-electron chi connectivity index (χ4n) is 8.79. The zero-order valence-electron chi connectivity index (χ0n) is 49.9. The second kappa shape index (κ2) is 34.6. The van der Waals surface area contributed by atoms with Crippen LogP contribution in [0.3, 0.4) is 0 Å². The normalized spacial score (nSPS) is 15.2. The monoisotopic (exact) mass is 1250 g/mol. The molecule has 0 aliphatic carbocycles. The number of nitrogens with zero attached hydrogens (tertiary/aromatic N) is 2. The van der Waals surface area contributed by atoms with Gasteiger partial charge in [0.2, 0.25) is 59.1 Å². The summed E-state index contributed by atoms with van der Waals surface area (Å²) in [5.41, 5.74) is 19.3. The van der Waals surface area contributed by atoms with Crippen LogP contribution in [0.5, 0.6) is 5.75 Å². The summed E-state index contributed by atoms with van der Waals surface area (Å²) >= 11 is 0. The van der Waals surface area contributed by atoms with E-state index in [1.807, 2.05) is 24.3 Å². The van der Waals surface area contributed by atoms with Crippen molar-refractivity contribution >= 4 is 81.9 Å². The van der Waals surface area contributed by atoms with Crippen molar-refractivity contribution in [2.75, 3.05) is 19.6 Å². The van der Waals surface area contributed by atoms with Crippen LogP contribution in [-0.4, -0.2) is 204 Å². The van der Waals surface area contributed by atoms with Crippen LogP contribution in [0.2, 0.25) is 0 Å². The number of para-hydroxylation sites is 1. The number of hydrogen-bond acceptors (Lipinski definition) is 18. The Morgan fingerprint density at radius 2 is 1.10 bits per heavy atom. The SMILES string of the molecule is CC(C)[C@H](NC(=O)[C@@H](NC(=O)[C@@H](N)Cc1c[nH]c2ccccc12)[C@@H](C)O)C(=O)N[C@@H](Cc1ccc(O)cc1)C(=O)N[C@@H](Cc1cnc[nH]1)C(=O)NCC(=O)N[C@@H](C)C(=O)NCC(=O)N[C@H](C(=O)N[C@@H](CCCN=C(N)N)C(=O)N[C@H](C(=O)O)[C@@H](C)O)[C@@H](C)O. The molecule has 89 heavy (non-hydrogen) atoms. The number of aromatic nitrogens is 3. The van der Waals surface area contributed by atoms with Gasteiger partial charge >= 0.3 is 5.97 Å². The predicted molar refractivity (Wildman–Crippen MR) is 319 cm³/mol. The molecule has 12 atom stereocenters. The summed E-state index contributed by atoms with van der Waals surface area (Å²) in [4.78, 5) is 161. The summed E-state index contributed by atoms with van der Waals surface area (Å²) in [6.45, 7) is 6.33. The lowest BCUT2D eigenvalue weighted by atomic mass is 9.99. The van der Waals surface area contributed by atoms with Crippen molar-refractivity contribution in [3.05, 3.63) is 84.1 Å². The number of amides is 10. The zero-order chi connectivity index (χ0) is 66.2. The molecule has 2 aromatic heterocycles. The number of imidazole rings is 1. The van der Waals surface area contributed by atoms with Crippen molar-refractivity contribution in [2.45, 2.75) is 146 Å². The smallest absolute Gasteiger partial charge is 0.328 e. The third kappa shape index (κ3) is 23.1. The minimum Gasteiger partial charge on any atom is -0.508 e. The van der Waals surface area contributed by atoms with Crippen LogP contribution in [0.4, 0.5) is 0 Å². The average Bonchev–Trinajstić information content (AvgIpc) is 3.17. The van der Waals surface area contributed by atoms with E-state index in [1.54, 1.807) is 20.0 Å². The van der Waals surface area contributed by atoms with Crippen LogP contribution >= 0.6 is 0 Å². The number of aliphatic imine (C=N–C) groups is 1. The number of carbonyl (C=O) groups is 11. The third-order valence-corrected chi connectivity index (χ3v) is 13.7. The van der Waals surface area contributed by atoms with E-state index in [4.69, 9.17) is 17.2 Å². The van der Waals surface area contributed by atoms with Crippen molar-refractivity contribution in [1.82, 2.24) is 68.1 Å².